The van der Waals surface area contributed by atoms with E-state index in [1.54, 1.807) is 0 Å². The van der Waals surface area contributed by atoms with Gasteiger partial charge in [-0.25, -0.2) is 8.78 Å². The first-order valence-corrected chi connectivity index (χ1v) is 9.59. The summed E-state index contributed by atoms with van der Waals surface area (Å²) in [5.74, 6) is 0.103. The predicted octanol–water partition coefficient (Wildman–Crippen LogP) is 6.69. The van der Waals surface area contributed by atoms with Crippen molar-refractivity contribution in [3.8, 4) is 0 Å². The van der Waals surface area contributed by atoms with Crippen LogP contribution < -0.4 is 0 Å². The third-order valence-electron chi connectivity index (χ3n) is 6.37. The van der Waals surface area contributed by atoms with Gasteiger partial charge in [0.15, 0.2) is 0 Å². The maximum atomic E-state index is 13.5. The third-order valence-corrected chi connectivity index (χ3v) is 6.37. The molecular formula is C21H30F2. The lowest BCUT2D eigenvalue weighted by Gasteiger charge is -2.37. The minimum absolute atomic E-state index is 0.0714. The van der Waals surface area contributed by atoms with Gasteiger partial charge in [0.25, 0.3) is 0 Å². The number of rotatable bonds is 4. The molecule has 2 fully saturated rings. The van der Waals surface area contributed by atoms with E-state index in [9.17, 15) is 8.78 Å². The van der Waals surface area contributed by atoms with Crippen molar-refractivity contribution in [1.29, 1.82) is 0 Å². The largest absolute Gasteiger partial charge is 0.248 e. The van der Waals surface area contributed by atoms with Crippen LogP contribution in [0, 0.1) is 23.7 Å². The lowest BCUT2D eigenvalue weighted by atomic mass is 9.69. The van der Waals surface area contributed by atoms with E-state index in [1.165, 1.54) is 37.7 Å². The SMILES string of the molecule is CCC[C@H]1CCC[C@H]1C1CC=C=CC=C1C1CCC(F)(F)CC1. The van der Waals surface area contributed by atoms with E-state index < -0.39 is 5.92 Å². The molecule has 3 rings (SSSR count). The summed E-state index contributed by atoms with van der Waals surface area (Å²) in [7, 11) is 0. The minimum Gasteiger partial charge on any atom is -0.207 e. The maximum Gasteiger partial charge on any atom is 0.248 e. The van der Waals surface area contributed by atoms with Crippen molar-refractivity contribution in [2.75, 3.05) is 0 Å². The van der Waals surface area contributed by atoms with E-state index >= 15 is 0 Å². The fourth-order valence-electron chi connectivity index (χ4n) is 5.23. The van der Waals surface area contributed by atoms with Crippen LogP contribution in [0.15, 0.2) is 29.5 Å². The highest BCUT2D eigenvalue weighted by atomic mass is 19.3. The highest BCUT2D eigenvalue weighted by Gasteiger charge is 2.40. The van der Waals surface area contributed by atoms with E-state index in [0.29, 0.717) is 24.7 Å². The van der Waals surface area contributed by atoms with E-state index in [2.05, 4.69) is 24.8 Å². The number of hydrogen-bond donors (Lipinski definition) is 0. The molecule has 0 aromatic heterocycles. The summed E-state index contributed by atoms with van der Waals surface area (Å²) in [6.07, 6.45) is 15.6. The van der Waals surface area contributed by atoms with E-state index in [4.69, 9.17) is 0 Å². The zero-order valence-electron chi connectivity index (χ0n) is 14.4. The average molecular weight is 320 g/mol. The Morgan fingerprint density at radius 1 is 1.17 bits per heavy atom. The van der Waals surface area contributed by atoms with Gasteiger partial charge in [0.2, 0.25) is 5.92 Å². The van der Waals surface area contributed by atoms with Gasteiger partial charge in [0.05, 0.1) is 0 Å². The Morgan fingerprint density at radius 2 is 1.96 bits per heavy atom. The Balaban J connectivity index is 1.77. The van der Waals surface area contributed by atoms with Crippen LogP contribution in [0.1, 0.15) is 71.1 Å². The van der Waals surface area contributed by atoms with Crippen LogP contribution in [-0.4, -0.2) is 5.92 Å². The second kappa shape index (κ2) is 7.34. The lowest BCUT2D eigenvalue weighted by molar-refractivity contribution is -0.0433. The van der Waals surface area contributed by atoms with Crippen molar-refractivity contribution >= 4 is 0 Å². The Labute approximate surface area is 139 Å². The predicted molar refractivity (Wildman–Crippen MR) is 91.5 cm³/mol. The molecule has 0 aromatic carbocycles. The lowest BCUT2D eigenvalue weighted by Crippen LogP contribution is -2.30. The van der Waals surface area contributed by atoms with Gasteiger partial charge in [-0.05, 0) is 61.5 Å². The van der Waals surface area contributed by atoms with Crippen molar-refractivity contribution in [1.82, 2.24) is 0 Å². The van der Waals surface area contributed by atoms with Crippen LogP contribution in [0.5, 0.6) is 0 Å². The number of halogens is 2. The van der Waals surface area contributed by atoms with E-state index in [0.717, 1.165) is 18.3 Å². The number of hydrogen-bond acceptors (Lipinski definition) is 0. The molecule has 0 amide bonds. The molecule has 0 spiro atoms. The van der Waals surface area contributed by atoms with Crippen LogP contribution >= 0.6 is 0 Å². The first-order valence-electron chi connectivity index (χ1n) is 9.59. The van der Waals surface area contributed by atoms with Crippen molar-refractivity contribution in [2.45, 2.75) is 77.1 Å². The molecule has 0 aliphatic heterocycles. The van der Waals surface area contributed by atoms with Crippen LogP contribution in [0.2, 0.25) is 0 Å². The topological polar surface area (TPSA) is 0 Å². The summed E-state index contributed by atoms with van der Waals surface area (Å²) >= 11 is 0. The summed E-state index contributed by atoms with van der Waals surface area (Å²) in [6.45, 7) is 2.28. The van der Waals surface area contributed by atoms with Gasteiger partial charge in [0.1, 0.15) is 0 Å². The molecule has 23 heavy (non-hydrogen) atoms. The van der Waals surface area contributed by atoms with Crippen molar-refractivity contribution in [3.63, 3.8) is 0 Å². The Morgan fingerprint density at radius 3 is 2.70 bits per heavy atom. The van der Waals surface area contributed by atoms with Crippen molar-refractivity contribution in [3.05, 3.63) is 29.5 Å². The zero-order chi connectivity index (χ0) is 16.3. The molecule has 0 N–H and O–H groups in total. The monoisotopic (exact) mass is 320 g/mol. The second-order valence-electron chi connectivity index (χ2n) is 7.82. The molecule has 0 heterocycles. The summed E-state index contributed by atoms with van der Waals surface area (Å²) in [4.78, 5) is 0. The normalized spacial score (nSPS) is 34.4. The van der Waals surface area contributed by atoms with Gasteiger partial charge in [-0.2, -0.15) is 0 Å². The molecule has 0 saturated heterocycles. The molecule has 3 aliphatic carbocycles. The Hall–Kier alpha value is -0.880. The molecule has 2 saturated carbocycles. The highest BCUT2D eigenvalue weighted by molar-refractivity contribution is 5.23. The van der Waals surface area contributed by atoms with Gasteiger partial charge in [-0.1, -0.05) is 44.3 Å². The first kappa shape index (κ1) is 17.0. The van der Waals surface area contributed by atoms with Gasteiger partial charge >= 0.3 is 0 Å². The first-order chi connectivity index (χ1) is 11.1. The molecule has 3 aliphatic rings. The number of alkyl halides is 2. The molecule has 0 nitrogen and oxygen atoms in total. The third kappa shape index (κ3) is 3.97. The standard InChI is InChI=1S/C21H30F2/c1-2-7-16-8-6-11-19(16)20-10-5-3-4-9-18(20)17-12-14-21(22,23)15-13-17/h4-5,9,16-17,19-20H,2,6-8,10-15H2,1H3/t16-,19+,20?/m0/s1. The minimum atomic E-state index is -2.43. The summed E-state index contributed by atoms with van der Waals surface area (Å²) in [5.41, 5.74) is 4.73. The average Bonchev–Trinajstić information content (AvgIpc) is 2.84. The van der Waals surface area contributed by atoms with E-state index in [-0.39, 0.29) is 12.8 Å². The quantitative estimate of drug-likeness (QED) is 0.506. The van der Waals surface area contributed by atoms with Gasteiger partial charge in [-0.3, -0.25) is 0 Å². The number of allylic oxidation sites excluding steroid dienone is 3. The van der Waals surface area contributed by atoms with Gasteiger partial charge < -0.3 is 0 Å². The van der Waals surface area contributed by atoms with Crippen LogP contribution in [-0.2, 0) is 0 Å². The molecular weight excluding hydrogens is 290 g/mol. The molecule has 1 unspecified atom stereocenters. The van der Waals surface area contributed by atoms with E-state index in [1.807, 2.05) is 6.08 Å². The fourth-order valence-corrected chi connectivity index (χ4v) is 5.23. The van der Waals surface area contributed by atoms with Crippen LogP contribution in [0.25, 0.3) is 0 Å². The van der Waals surface area contributed by atoms with Crippen LogP contribution in [0.4, 0.5) is 8.78 Å². The fraction of sp³-hybridized carbons (Fsp3) is 0.762. The smallest absolute Gasteiger partial charge is 0.207 e. The Kier molecular flexibility index (Phi) is 5.42. The molecule has 0 bridgehead atoms. The van der Waals surface area contributed by atoms with Gasteiger partial charge in [-0.15, -0.1) is 5.73 Å². The summed E-state index contributed by atoms with van der Waals surface area (Å²) < 4.78 is 27.1. The molecule has 0 aromatic rings. The highest BCUT2D eigenvalue weighted by Crippen LogP contribution is 2.48. The molecule has 128 valence electrons. The summed E-state index contributed by atoms with van der Waals surface area (Å²) in [6, 6.07) is 0. The zero-order valence-corrected chi connectivity index (χ0v) is 14.4. The van der Waals surface area contributed by atoms with Crippen LogP contribution in [0.3, 0.4) is 0 Å². The molecule has 0 radical (unpaired) electrons. The molecule has 3 atom stereocenters. The second-order valence-corrected chi connectivity index (χ2v) is 7.82. The maximum absolute atomic E-state index is 13.5. The molecule has 2 heteroatoms. The van der Waals surface area contributed by atoms with Crippen molar-refractivity contribution in [2.24, 2.45) is 23.7 Å². The van der Waals surface area contributed by atoms with Gasteiger partial charge in [0, 0.05) is 12.8 Å². The Bertz CT molecular complexity index is 486. The summed E-state index contributed by atoms with van der Waals surface area (Å²) in [5, 5.41) is 0. The van der Waals surface area contributed by atoms with Crippen molar-refractivity contribution < 1.29 is 8.78 Å².